The molecule has 2 amide bonds. The second-order valence-electron chi connectivity index (χ2n) is 8.76. The first-order chi connectivity index (χ1) is 16.9. The van der Waals surface area contributed by atoms with Crippen LogP contribution in [0.15, 0.2) is 83.0 Å². The number of benzene rings is 3. The van der Waals surface area contributed by atoms with Crippen LogP contribution in [0.2, 0.25) is 0 Å². The van der Waals surface area contributed by atoms with Crippen LogP contribution in [0.1, 0.15) is 41.1 Å². The zero-order chi connectivity index (χ0) is 24.5. The van der Waals surface area contributed by atoms with Gasteiger partial charge in [-0.05, 0) is 32.4 Å². The Morgan fingerprint density at radius 1 is 0.943 bits per heavy atom. The Morgan fingerprint density at radius 2 is 1.60 bits per heavy atom. The lowest BCUT2D eigenvalue weighted by Gasteiger charge is -2.35. The maximum atomic E-state index is 14.4. The van der Waals surface area contributed by atoms with Crippen molar-refractivity contribution in [1.29, 1.82) is 0 Å². The molecule has 0 bridgehead atoms. The van der Waals surface area contributed by atoms with Gasteiger partial charge in [0.15, 0.2) is 0 Å². The van der Waals surface area contributed by atoms with Crippen LogP contribution in [0.5, 0.6) is 0 Å². The Morgan fingerprint density at radius 3 is 2.29 bits per heavy atom. The fourth-order valence-corrected chi connectivity index (χ4v) is 4.21. The standard InChI is InChI=1S/C28H25FN4O2/c1-17-8-12-20(13-9-17)25-24(27-31-26(32-35-27)21-14-10-18(2)11-15-21)19(3)33(28(34)30-25)16-22-6-4-5-7-23(22)29/h4-15,25H,16H2,1-3H3,(H,30,34). The van der Waals surface area contributed by atoms with Crippen LogP contribution in [0, 0.1) is 19.7 Å². The number of allylic oxidation sites excluding steroid dienone is 1. The molecule has 5 rings (SSSR count). The van der Waals surface area contributed by atoms with Gasteiger partial charge in [-0.25, -0.2) is 9.18 Å². The molecule has 0 saturated heterocycles. The quantitative estimate of drug-likeness (QED) is 0.379. The SMILES string of the molecule is CC1=C(c2nc(-c3ccc(C)cc3)no2)C(c2ccc(C)cc2)NC(=O)N1Cc1ccccc1F. The van der Waals surface area contributed by atoms with Gasteiger partial charge in [0.25, 0.3) is 5.89 Å². The molecule has 0 radical (unpaired) electrons. The van der Waals surface area contributed by atoms with Crippen molar-refractivity contribution in [3.63, 3.8) is 0 Å². The Hall–Kier alpha value is -4.26. The van der Waals surface area contributed by atoms with Crippen molar-refractivity contribution >= 4 is 11.6 Å². The van der Waals surface area contributed by atoms with E-state index >= 15 is 0 Å². The Kier molecular flexibility index (Phi) is 5.91. The lowest BCUT2D eigenvalue weighted by molar-refractivity contribution is 0.202. The van der Waals surface area contributed by atoms with Gasteiger partial charge in [0, 0.05) is 16.8 Å². The van der Waals surface area contributed by atoms with E-state index in [1.54, 1.807) is 18.2 Å². The van der Waals surface area contributed by atoms with Crippen molar-refractivity contribution < 1.29 is 13.7 Å². The second kappa shape index (κ2) is 9.18. The van der Waals surface area contributed by atoms with Crippen LogP contribution < -0.4 is 5.32 Å². The van der Waals surface area contributed by atoms with Gasteiger partial charge in [0.2, 0.25) is 5.82 Å². The Bertz CT molecular complexity index is 1410. The van der Waals surface area contributed by atoms with E-state index in [9.17, 15) is 9.18 Å². The van der Waals surface area contributed by atoms with E-state index < -0.39 is 6.04 Å². The molecule has 1 atom stereocenters. The summed E-state index contributed by atoms with van der Waals surface area (Å²) in [5.41, 5.74) is 5.68. The maximum Gasteiger partial charge on any atom is 0.322 e. The number of aryl methyl sites for hydroxylation is 2. The average molecular weight is 469 g/mol. The molecule has 1 N–H and O–H groups in total. The molecule has 0 fully saturated rings. The summed E-state index contributed by atoms with van der Waals surface area (Å²) in [5, 5.41) is 7.25. The number of urea groups is 1. The number of nitrogens with one attached hydrogen (secondary N) is 1. The molecule has 1 aromatic heterocycles. The monoisotopic (exact) mass is 468 g/mol. The summed E-state index contributed by atoms with van der Waals surface area (Å²) >= 11 is 0. The topological polar surface area (TPSA) is 71.3 Å². The van der Waals surface area contributed by atoms with Crippen LogP contribution in [-0.2, 0) is 6.54 Å². The van der Waals surface area contributed by atoms with Gasteiger partial charge in [-0.3, -0.25) is 4.90 Å². The van der Waals surface area contributed by atoms with Crippen molar-refractivity contribution in [2.24, 2.45) is 0 Å². The molecule has 1 aliphatic heterocycles. The predicted octanol–water partition coefficient (Wildman–Crippen LogP) is 6.19. The molecule has 7 heteroatoms. The number of rotatable bonds is 5. The summed E-state index contributed by atoms with van der Waals surface area (Å²) in [5.74, 6) is 0.400. The summed E-state index contributed by atoms with van der Waals surface area (Å²) in [4.78, 5) is 19.4. The highest BCUT2D eigenvalue weighted by Gasteiger charge is 2.36. The lowest BCUT2D eigenvalue weighted by atomic mass is 9.94. The third-order valence-corrected chi connectivity index (χ3v) is 6.26. The number of carbonyl (C=O) groups is 1. The molecule has 6 nitrogen and oxygen atoms in total. The fraction of sp³-hybridized carbons (Fsp3) is 0.179. The van der Waals surface area contributed by atoms with E-state index in [0.29, 0.717) is 28.5 Å². The molecule has 0 saturated carbocycles. The molecule has 1 aliphatic rings. The third-order valence-electron chi connectivity index (χ3n) is 6.26. The molecule has 3 aromatic carbocycles. The van der Waals surface area contributed by atoms with Gasteiger partial charge < -0.3 is 9.84 Å². The summed E-state index contributed by atoms with van der Waals surface area (Å²) in [6.45, 7) is 5.92. The summed E-state index contributed by atoms with van der Waals surface area (Å²) in [7, 11) is 0. The first-order valence-electron chi connectivity index (χ1n) is 11.4. The number of nitrogens with zero attached hydrogens (tertiary/aromatic N) is 3. The average Bonchev–Trinajstić information content (AvgIpc) is 3.33. The van der Waals surface area contributed by atoms with E-state index in [2.05, 4.69) is 15.5 Å². The number of hydrogen-bond donors (Lipinski definition) is 1. The van der Waals surface area contributed by atoms with Gasteiger partial charge in [-0.15, -0.1) is 0 Å². The van der Waals surface area contributed by atoms with Crippen molar-refractivity contribution in [2.45, 2.75) is 33.4 Å². The fourth-order valence-electron chi connectivity index (χ4n) is 4.21. The van der Waals surface area contributed by atoms with Crippen molar-refractivity contribution in [1.82, 2.24) is 20.4 Å². The van der Waals surface area contributed by atoms with Crippen molar-refractivity contribution in [3.05, 3.63) is 112 Å². The minimum atomic E-state index is -0.494. The molecule has 1 unspecified atom stereocenters. The Labute approximate surface area is 203 Å². The maximum absolute atomic E-state index is 14.4. The second-order valence-corrected chi connectivity index (χ2v) is 8.76. The minimum absolute atomic E-state index is 0.0768. The van der Waals surface area contributed by atoms with Crippen LogP contribution in [0.4, 0.5) is 9.18 Å². The number of amides is 2. The number of hydrogen-bond acceptors (Lipinski definition) is 4. The Balaban J connectivity index is 1.60. The molecular weight excluding hydrogens is 443 g/mol. The van der Waals surface area contributed by atoms with Gasteiger partial charge >= 0.3 is 6.03 Å². The molecule has 0 spiro atoms. The first-order valence-corrected chi connectivity index (χ1v) is 11.4. The van der Waals surface area contributed by atoms with E-state index in [1.807, 2.05) is 69.3 Å². The van der Waals surface area contributed by atoms with Gasteiger partial charge in [0.1, 0.15) is 5.82 Å². The van der Waals surface area contributed by atoms with Crippen molar-refractivity contribution in [3.8, 4) is 11.4 Å². The van der Waals surface area contributed by atoms with Crippen molar-refractivity contribution in [2.75, 3.05) is 0 Å². The highest BCUT2D eigenvalue weighted by Crippen LogP contribution is 2.38. The van der Waals surface area contributed by atoms with E-state index in [-0.39, 0.29) is 18.4 Å². The molecule has 0 aliphatic carbocycles. The molecule has 2 heterocycles. The van der Waals surface area contributed by atoms with Gasteiger partial charge in [-0.2, -0.15) is 4.98 Å². The minimum Gasteiger partial charge on any atom is -0.334 e. The number of aromatic nitrogens is 2. The third kappa shape index (κ3) is 4.45. The van der Waals surface area contributed by atoms with E-state index in [1.165, 1.54) is 11.0 Å². The zero-order valence-electron chi connectivity index (χ0n) is 19.7. The smallest absolute Gasteiger partial charge is 0.322 e. The van der Waals surface area contributed by atoms with Gasteiger partial charge in [0.05, 0.1) is 18.2 Å². The first kappa shape index (κ1) is 22.5. The summed E-state index contributed by atoms with van der Waals surface area (Å²) in [6, 6.07) is 21.4. The molecular formula is C28H25FN4O2. The van der Waals surface area contributed by atoms with E-state index in [4.69, 9.17) is 4.52 Å². The number of halogens is 1. The molecule has 35 heavy (non-hydrogen) atoms. The summed E-state index contributed by atoms with van der Waals surface area (Å²) in [6.07, 6.45) is 0. The van der Waals surface area contributed by atoms with Crippen LogP contribution in [0.25, 0.3) is 17.0 Å². The summed E-state index contributed by atoms with van der Waals surface area (Å²) < 4.78 is 20.1. The number of carbonyl (C=O) groups excluding carboxylic acids is 1. The van der Waals surface area contributed by atoms with Crippen LogP contribution in [-0.4, -0.2) is 21.1 Å². The normalized spacial score (nSPS) is 15.9. The molecule has 4 aromatic rings. The molecule has 176 valence electrons. The van der Waals surface area contributed by atoms with Crippen LogP contribution in [0.3, 0.4) is 0 Å². The van der Waals surface area contributed by atoms with Gasteiger partial charge in [-0.1, -0.05) is 83.0 Å². The largest absolute Gasteiger partial charge is 0.334 e. The lowest BCUT2D eigenvalue weighted by Crippen LogP contribution is -2.45. The van der Waals surface area contributed by atoms with E-state index in [0.717, 1.165) is 22.3 Å². The highest BCUT2D eigenvalue weighted by atomic mass is 19.1. The van der Waals surface area contributed by atoms with Crippen LogP contribution >= 0.6 is 0 Å². The predicted molar refractivity (Wildman–Crippen MR) is 131 cm³/mol. The zero-order valence-corrected chi connectivity index (χ0v) is 19.7. The highest BCUT2D eigenvalue weighted by molar-refractivity contribution is 5.86.